The Labute approximate surface area is 95.1 Å². The molecule has 16 heavy (non-hydrogen) atoms. The van der Waals surface area contributed by atoms with Crippen molar-refractivity contribution in [3.63, 3.8) is 0 Å². The summed E-state index contributed by atoms with van der Waals surface area (Å²) in [7, 11) is 1.91. The fourth-order valence-electron chi connectivity index (χ4n) is 1.41. The van der Waals surface area contributed by atoms with Crippen LogP contribution in [0.4, 0.5) is 0 Å². The third-order valence-electron chi connectivity index (χ3n) is 2.71. The lowest BCUT2D eigenvalue weighted by Gasteiger charge is -2.22. The van der Waals surface area contributed by atoms with Crippen LogP contribution in [0.3, 0.4) is 0 Å². The summed E-state index contributed by atoms with van der Waals surface area (Å²) in [5.74, 6) is 0.794. The van der Waals surface area contributed by atoms with Gasteiger partial charge in [0.2, 0.25) is 0 Å². The van der Waals surface area contributed by atoms with Gasteiger partial charge in [0, 0.05) is 12.4 Å². The second kappa shape index (κ2) is 4.06. The van der Waals surface area contributed by atoms with Crippen molar-refractivity contribution in [1.29, 1.82) is 0 Å². The lowest BCUT2D eigenvalue weighted by Crippen LogP contribution is -2.35. The van der Waals surface area contributed by atoms with E-state index < -0.39 is 0 Å². The summed E-state index contributed by atoms with van der Waals surface area (Å²) in [6, 6.07) is 5.86. The van der Waals surface area contributed by atoms with E-state index in [-0.39, 0.29) is 5.54 Å². The van der Waals surface area contributed by atoms with Gasteiger partial charge in [-0.1, -0.05) is 0 Å². The first-order valence-corrected chi connectivity index (χ1v) is 5.30. The minimum absolute atomic E-state index is 0.220. The van der Waals surface area contributed by atoms with E-state index in [4.69, 9.17) is 0 Å². The molecule has 0 aliphatic rings. The summed E-state index contributed by atoms with van der Waals surface area (Å²) < 4.78 is 0. The maximum atomic E-state index is 4.55. The van der Waals surface area contributed by atoms with Gasteiger partial charge in [0.1, 0.15) is 5.82 Å². The zero-order valence-electron chi connectivity index (χ0n) is 9.78. The van der Waals surface area contributed by atoms with Crippen LogP contribution >= 0.6 is 0 Å². The van der Waals surface area contributed by atoms with Gasteiger partial charge in [-0.3, -0.25) is 0 Å². The molecule has 0 amide bonds. The molecule has 2 aromatic heterocycles. The largest absolute Gasteiger partial charge is 0.360 e. The Hall–Kier alpha value is -1.68. The van der Waals surface area contributed by atoms with E-state index in [1.165, 1.54) is 0 Å². The van der Waals surface area contributed by atoms with Crippen LogP contribution in [0.15, 0.2) is 30.6 Å². The lowest BCUT2D eigenvalue weighted by atomic mass is 10.1. The number of aromatic amines is 1. The van der Waals surface area contributed by atoms with Crippen molar-refractivity contribution in [2.45, 2.75) is 19.4 Å². The summed E-state index contributed by atoms with van der Waals surface area (Å²) in [4.78, 5) is 12.0. The molecule has 0 saturated heterocycles. The maximum Gasteiger partial charge on any atom is 0.148 e. The Bertz CT molecular complexity index is 460. The van der Waals surface area contributed by atoms with Crippen LogP contribution in [0, 0.1) is 0 Å². The Kier molecular flexibility index (Phi) is 2.75. The lowest BCUT2D eigenvalue weighted by molar-refractivity contribution is 0.417. The Morgan fingerprint density at radius 3 is 2.75 bits per heavy atom. The van der Waals surface area contributed by atoms with Gasteiger partial charge in [-0.05, 0) is 39.1 Å². The van der Waals surface area contributed by atoms with Crippen molar-refractivity contribution >= 4 is 0 Å². The molecule has 2 aromatic rings. The average Bonchev–Trinajstić information content (AvgIpc) is 2.83. The van der Waals surface area contributed by atoms with Crippen LogP contribution < -0.4 is 5.32 Å². The number of hydrogen-bond acceptors (Lipinski definition) is 3. The van der Waals surface area contributed by atoms with E-state index in [2.05, 4.69) is 34.1 Å². The van der Waals surface area contributed by atoms with Gasteiger partial charge in [0.15, 0.2) is 0 Å². The third kappa shape index (κ3) is 1.97. The topological polar surface area (TPSA) is 53.6 Å². The van der Waals surface area contributed by atoms with Gasteiger partial charge in [-0.25, -0.2) is 9.97 Å². The SMILES string of the molecule is CNC(C)(C)c1nccc(-c2ccc[nH]2)n1. The Balaban J connectivity index is 2.41. The number of nitrogens with zero attached hydrogens (tertiary/aromatic N) is 2. The van der Waals surface area contributed by atoms with E-state index in [9.17, 15) is 0 Å². The molecule has 0 unspecified atom stereocenters. The highest BCUT2D eigenvalue weighted by molar-refractivity contribution is 5.53. The van der Waals surface area contributed by atoms with Crippen molar-refractivity contribution in [3.8, 4) is 11.4 Å². The van der Waals surface area contributed by atoms with Gasteiger partial charge in [0.25, 0.3) is 0 Å². The van der Waals surface area contributed by atoms with Crippen LogP contribution in [0.1, 0.15) is 19.7 Å². The highest BCUT2D eigenvalue weighted by atomic mass is 15.0. The molecular weight excluding hydrogens is 200 g/mol. The minimum atomic E-state index is -0.220. The fourth-order valence-corrected chi connectivity index (χ4v) is 1.41. The first-order valence-electron chi connectivity index (χ1n) is 5.30. The normalized spacial score (nSPS) is 11.7. The molecule has 0 radical (unpaired) electrons. The van der Waals surface area contributed by atoms with Crippen molar-refractivity contribution in [1.82, 2.24) is 20.3 Å². The fraction of sp³-hybridized carbons (Fsp3) is 0.333. The predicted octanol–water partition coefficient (Wildman–Crippen LogP) is 1.93. The average molecular weight is 216 g/mol. The molecule has 0 aliphatic heterocycles. The highest BCUT2D eigenvalue weighted by Gasteiger charge is 2.21. The monoisotopic (exact) mass is 216 g/mol. The quantitative estimate of drug-likeness (QED) is 0.824. The summed E-state index contributed by atoms with van der Waals surface area (Å²) in [6.45, 7) is 4.11. The number of H-pyrrole nitrogens is 1. The van der Waals surface area contributed by atoms with Gasteiger partial charge in [-0.15, -0.1) is 0 Å². The summed E-state index contributed by atoms with van der Waals surface area (Å²) in [5.41, 5.74) is 1.71. The van der Waals surface area contributed by atoms with E-state index in [1.807, 2.05) is 31.4 Å². The van der Waals surface area contributed by atoms with Gasteiger partial charge in [-0.2, -0.15) is 0 Å². The Morgan fingerprint density at radius 1 is 1.31 bits per heavy atom. The number of rotatable bonds is 3. The van der Waals surface area contributed by atoms with Gasteiger partial charge in [0.05, 0.1) is 16.9 Å². The number of aromatic nitrogens is 3. The van der Waals surface area contributed by atoms with Crippen molar-refractivity contribution in [2.24, 2.45) is 0 Å². The second-order valence-corrected chi connectivity index (χ2v) is 4.22. The molecule has 0 bridgehead atoms. The number of hydrogen-bond donors (Lipinski definition) is 2. The standard InChI is InChI=1S/C12H16N4/c1-12(2,13-3)11-15-8-6-10(16-11)9-5-4-7-14-9/h4-8,13-14H,1-3H3. The highest BCUT2D eigenvalue weighted by Crippen LogP contribution is 2.19. The molecule has 0 saturated carbocycles. The summed E-state index contributed by atoms with van der Waals surface area (Å²) in [6.07, 6.45) is 3.68. The first kappa shape index (κ1) is 10.8. The van der Waals surface area contributed by atoms with E-state index >= 15 is 0 Å². The van der Waals surface area contributed by atoms with Crippen LogP contribution in [0.2, 0.25) is 0 Å². The van der Waals surface area contributed by atoms with E-state index in [0.717, 1.165) is 17.2 Å². The predicted molar refractivity (Wildman–Crippen MR) is 63.9 cm³/mol. The van der Waals surface area contributed by atoms with Crippen LogP contribution in [-0.4, -0.2) is 22.0 Å². The van der Waals surface area contributed by atoms with Crippen LogP contribution in [0.5, 0.6) is 0 Å². The third-order valence-corrected chi connectivity index (χ3v) is 2.71. The maximum absolute atomic E-state index is 4.55. The molecule has 0 spiro atoms. The molecule has 0 atom stereocenters. The summed E-state index contributed by atoms with van der Waals surface area (Å²) in [5, 5.41) is 3.19. The Morgan fingerprint density at radius 2 is 2.12 bits per heavy atom. The van der Waals surface area contributed by atoms with Crippen LogP contribution in [0.25, 0.3) is 11.4 Å². The smallest absolute Gasteiger partial charge is 0.148 e. The van der Waals surface area contributed by atoms with Crippen molar-refractivity contribution in [3.05, 3.63) is 36.4 Å². The minimum Gasteiger partial charge on any atom is -0.360 e. The van der Waals surface area contributed by atoms with E-state index in [1.54, 1.807) is 6.20 Å². The molecule has 84 valence electrons. The van der Waals surface area contributed by atoms with Crippen molar-refractivity contribution in [2.75, 3.05) is 7.05 Å². The molecule has 2 rings (SSSR count). The van der Waals surface area contributed by atoms with Crippen molar-refractivity contribution < 1.29 is 0 Å². The van der Waals surface area contributed by atoms with Crippen LogP contribution in [-0.2, 0) is 5.54 Å². The van der Waals surface area contributed by atoms with Gasteiger partial charge < -0.3 is 10.3 Å². The molecular formula is C12H16N4. The molecule has 0 aromatic carbocycles. The first-order chi connectivity index (χ1) is 7.63. The molecule has 2 heterocycles. The molecule has 4 nitrogen and oxygen atoms in total. The molecule has 2 N–H and O–H groups in total. The van der Waals surface area contributed by atoms with Gasteiger partial charge >= 0.3 is 0 Å². The summed E-state index contributed by atoms with van der Waals surface area (Å²) >= 11 is 0. The molecule has 0 aliphatic carbocycles. The zero-order valence-corrected chi connectivity index (χ0v) is 9.78. The second-order valence-electron chi connectivity index (χ2n) is 4.22. The zero-order chi connectivity index (χ0) is 11.6. The molecule has 0 fully saturated rings. The van der Waals surface area contributed by atoms with E-state index in [0.29, 0.717) is 0 Å². The number of nitrogens with one attached hydrogen (secondary N) is 2. The molecule has 4 heteroatoms.